The number of carbonyl (C=O) groups is 1. The van der Waals surface area contributed by atoms with Crippen molar-refractivity contribution in [1.82, 2.24) is 0 Å². The second-order valence-corrected chi connectivity index (χ2v) is 7.17. The molecule has 166 valence electrons. The first-order valence-corrected chi connectivity index (χ1v) is 10.2. The second-order valence-electron chi connectivity index (χ2n) is 7.17. The molecule has 3 aromatic carbocycles. The van der Waals surface area contributed by atoms with Gasteiger partial charge in [0.05, 0.1) is 5.56 Å². The minimum Gasteiger partial charge on any atom is -0.468 e. The molecular formula is C28H30O4. The highest BCUT2D eigenvalue weighted by atomic mass is 16.7. The molecule has 0 aliphatic carbocycles. The first-order valence-electron chi connectivity index (χ1n) is 10.2. The van der Waals surface area contributed by atoms with E-state index in [1.165, 1.54) is 5.56 Å². The number of carbonyl (C=O) groups excluding carboxylic acids is 1. The van der Waals surface area contributed by atoms with Gasteiger partial charge in [0.25, 0.3) is 0 Å². The highest BCUT2D eigenvalue weighted by Crippen LogP contribution is 2.24. The van der Waals surface area contributed by atoms with Crippen LogP contribution in [0.5, 0.6) is 11.5 Å². The molecule has 3 aromatic rings. The van der Waals surface area contributed by atoms with Gasteiger partial charge in [0.2, 0.25) is 0 Å². The van der Waals surface area contributed by atoms with Gasteiger partial charge in [0.15, 0.2) is 6.79 Å². The quantitative estimate of drug-likeness (QED) is 0.235. The van der Waals surface area contributed by atoms with E-state index in [4.69, 9.17) is 14.2 Å². The molecule has 0 saturated heterocycles. The van der Waals surface area contributed by atoms with Crippen LogP contribution in [-0.2, 0) is 4.74 Å². The number of esters is 1. The van der Waals surface area contributed by atoms with Crippen LogP contribution in [0.25, 0.3) is 12.2 Å². The number of rotatable bonds is 7. The summed E-state index contributed by atoms with van der Waals surface area (Å²) in [6.45, 7) is 13.7. The molecule has 32 heavy (non-hydrogen) atoms. The molecule has 0 fully saturated rings. The van der Waals surface area contributed by atoms with E-state index in [9.17, 15) is 4.79 Å². The molecule has 0 radical (unpaired) electrons. The van der Waals surface area contributed by atoms with E-state index in [0.29, 0.717) is 11.3 Å². The molecule has 3 rings (SSSR count). The topological polar surface area (TPSA) is 44.8 Å². The average molecular weight is 431 g/mol. The lowest BCUT2D eigenvalue weighted by molar-refractivity contribution is 0.0511. The predicted octanol–water partition coefficient (Wildman–Crippen LogP) is 6.79. The fourth-order valence-corrected chi connectivity index (χ4v) is 2.78. The molecule has 0 spiro atoms. The lowest BCUT2D eigenvalue weighted by Crippen LogP contribution is -2.09. The van der Waals surface area contributed by atoms with Crippen LogP contribution in [0, 0.1) is 20.8 Å². The van der Waals surface area contributed by atoms with Crippen LogP contribution in [0.3, 0.4) is 0 Å². The van der Waals surface area contributed by atoms with E-state index < -0.39 is 0 Å². The largest absolute Gasteiger partial charge is 0.468 e. The van der Waals surface area contributed by atoms with Gasteiger partial charge in [-0.05, 0) is 78.9 Å². The van der Waals surface area contributed by atoms with Gasteiger partial charge >= 0.3 is 5.97 Å². The molecule has 0 unspecified atom stereocenters. The fourth-order valence-electron chi connectivity index (χ4n) is 2.78. The van der Waals surface area contributed by atoms with Gasteiger partial charge in [-0.15, -0.1) is 0 Å². The Hall–Kier alpha value is -3.63. The summed E-state index contributed by atoms with van der Waals surface area (Å²) in [4.78, 5) is 12.1. The maximum absolute atomic E-state index is 12.1. The highest BCUT2D eigenvalue weighted by Gasteiger charge is 2.11. The van der Waals surface area contributed by atoms with Crippen LogP contribution in [0.1, 0.15) is 38.2 Å². The first kappa shape index (κ1) is 24.6. The zero-order chi connectivity index (χ0) is 23.5. The third-order valence-electron chi connectivity index (χ3n) is 5.05. The smallest absolute Gasteiger partial charge is 0.343 e. The SMILES string of the molecule is C=Cc1ccc(C(=O)Oc2ccc(C)c(C)c2C)cc1.C=Cc1ccc(OCOC)cc1. The van der Waals surface area contributed by atoms with Crippen molar-refractivity contribution in [1.29, 1.82) is 0 Å². The van der Waals surface area contributed by atoms with Crippen LogP contribution in [0.15, 0.2) is 73.8 Å². The molecule has 4 heteroatoms. The zero-order valence-electron chi connectivity index (χ0n) is 19.2. The lowest BCUT2D eigenvalue weighted by atomic mass is 10.0. The molecule has 0 saturated carbocycles. The van der Waals surface area contributed by atoms with Crippen molar-refractivity contribution in [2.24, 2.45) is 0 Å². The number of methoxy groups -OCH3 is 1. The summed E-state index contributed by atoms with van der Waals surface area (Å²) in [6, 6.07) is 18.6. The van der Waals surface area contributed by atoms with E-state index in [0.717, 1.165) is 28.0 Å². The average Bonchev–Trinajstić information content (AvgIpc) is 2.83. The molecule has 0 heterocycles. The maximum Gasteiger partial charge on any atom is 0.343 e. The summed E-state index contributed by atoms with van der Waals surface area (Å²) >= 11 is 0. The minimum absolute atomic E-state index is 0.285. The molecule has 0 atom stereocenters. The van der Waals surface area contributed by atoms with E-state index in [1.54, 1.807) is 31.4 Å². The van der Waals surface area contributed by atoms with Crippen LogP contribution in [-0.4, -0.2) is 19.9 Å². The van der Waals surface area contributed by atoms with E-state index in [-0.39, 0.29) is 12.8 Å². The van der Waals surface area contributed by atoms with Gasteiger partial charge in [-0.3, -0.25) is 0 Å². The van der Waals surface area contributed by atoms with Crippen LogP contribution >= 0.6 is 0 Å². The minimum atomic E-state index is -0.341. The van der Waals surface area contributed by atoms with E-state index in [2.05, 4.69) is 13.2 Å². The van der Waals surface area contributed by atoms with Gasteiger partial charge in [0, 0.05) is 7.11 Å². The lowest BCUT2D eigenvalue weighted by Gasteiger charge is -2.11. The summed E-state index contributed by atoms with van der Waals surface area (Å²) in [7, 11) is 1.60. The molecule has 0 amide bonds. The fraction of sp³-hybridized carbons (Fsp3) is 0.179. The third-order valence-corrected chi connectivity index (χ3v) is 5.05. The number of benzene rings is 3. The molecule has 0 N–H and O–H groups in total. The zero-order valence-corrected chi connectivity index (χ0v) is 19.2. The molecule has 0 aromatic heterocycles. The Labute approximate surface area is 190 Å². The van der Waals surface area contributed by atoms with Gasteiger partial charge in [0.1, 0.15) is 11.5 Å². The van der Waals surface area contributed by atoms with Crippen molar-refractivity contribution < 1.29 is 19.0 Å². The summed E-state index contributed by atoms with van der Waals surface area (Å²) < 4.78 is 15.4. The summed E-state index contributed by atoms with van der Waals surface area (Å²) in [5.74, 6) is 1.08. The van der Waals surface area contributed by atoms with Gasteiger partial charge in [-0.1, -0.05) is 55.6 Å². The summed E-state index contributed by atoms with van der Waals surface area (Å²) in [6.07, 6.45) is 3.53. The third kappa shape index (κ3) is 6.96. The van der Waals surface area contributed by atoms with Crippen molar-refractivity contribution in [2.75, 3.05) is 13.9 Å². The van der Waals surface area contributed by atoms with Gasteiger partial charge in [-0.2, -0.15) is 0 Å². The number of hydrogen-bond acceptors (Lipinski definition) is 4. The summed E-state index contributed by atoms with van der Waals surface area (Å²) in [5, 5.41) is 0. The normalized spacial score (nSPS) is 9.88. The summed E-state index contributed by atoms with van der Waals surface area (Å²) in [5.41, 5.74) is 5.94. The van der Waals surface area contributed by atoms with E-state index >= 15 is 0 Å². The Balaban J connectivity index is 0.000000258. The Morgan fingerprint density at radius 1 is 0.812 bits per heavy atom. The standard InChI is InChI=1S/C18H18O2.C10H12O2/c1-5-15-7-9-16(10-8-15)18(19)20-17-11-6-12(2)13(3)14(17)4;1-3-9-4-6-10(7-5-9)12-8-11-2/h5-11H,1H2,2-4H3;3-7H,1,8H2,2H3. The number of aryl methyl sites for hydroxylation is 1. The Morgan fingerprint density at radius 2 is 1.38 bits per heavy atom. The maximum atomic E-state index is 12.1. The first-order chi connectivity index (χ1) is 15.4. The highest BCUT2D eigenvalue weighted by molar-refractivity contribution is 5.91. The van der Waals surface area contributed by atoms with E-state index in [1.807, 2.05) is 69.3 Å². The second kappa shape index (κ2) is 12.3. The Kier molecular flexibility index (Phi) is 9.45. The Bertz CT molecular complexity index is 1050. The van der Waals surface area contributed by atoms with Crippen molar-refractivity contribution in [2.45, 2.75) is 20.8 Å². The van der Waals surface area contributed by atoms with Gasteiger partial charge < -0.3 is 14.2 Å². The molecule has 0 aliphatic heterocycles. The van der Waals surface area contributed by atoms with Crippen LogP contribution in [0.4, 0.5) is 0 Å². The number of ether oxygens (including phenoxy) is 3. The van der Waals surface area contributed by atoms with Crippen molar-refractivity contribution in [3.8, 4) is 11.5 Å². The number of hydrogen-bond donors (Lipinski definition) is 0. The van der Waals surface area contributed by atoms with Crippen molar-refractivity contribution in [3.05, 3.63) is 107 Å². The van der Waals surface area contributed by atoms with Crippen LogP contribution in [0.2, 0.25) is 0 Å². The van der Waals surface area contributed by atoms with Crippen molar-refractivity contribution in [3.63, 3.8) is 0 Å². The predicted molar refractivity (Wildman–Crippen MR) is 131 cm³/mol. The van der Waals surface area contributed by atoms with Gasteiger partial charge in [-0.25, -0.2) is 4.79 Å². The molecular weight excluding hydrogens is 400 g/mol. The Morgan fingerprint density at radius 3 is 1.91 bits per heavy atom. The van der Waals surface area contributed by atoms with Crippen molar-refractivity contribution >= 4 is 18.1 Å². The molecule has 4 nitrogen and oxygen atoms in total. The monoisotopic (exact) mass is 430 g/mol. The van der Waals surface area contributed by atoms with Crippen LogP contribution < -0.4 is 9.47 Å². The molecule has 0 aliphatic rings. The molecule has 0 bridgehead atoms.